The van der Waals surface area contributed by atoms with Crippen LogP contribution < -0.4 is 0 Å². The molecule has 0 aliphatic rings. The molecular formula is C44H32. The fraction of sp³-hybridized carbons (Fsp3) is 0.0455. The van der Waals surface area contributed by atoms with E-state index in [1.807, 2.05) is 0 Å². The summed E-state index contributed by atoms with van der Waals surface area (Å²) in [6.07, 6.45) is 0. The highest BCUT2D eigenvalue weighted by molar-refractivity contribution is 6.34. The second kappa shape index (κ2) is 10.7. The standard InChI is InChI=1S/C44H32/c1-29-17-9-11-23-33(29)41-37-27-15-16-28-38(37)42(34-24-12-10-18-30(34)2)44-40(32-21-7-4-8-22-32)36-26-14-13-25-35(36)39(43(41)44)31-19-5-3-6-20-31/h3-28H,1-2H3. The number of hydrogen-bond acceptors (Lipinski definition) is 0. The molecule has 0 aromatic heterocycles. The van der Waals surface area contributed by atoms with Crippen molar-refractivity contribution < 1.29 is 0 Å². The summed E-state index contributed by atoms with van der Waals surface area (Å²) in [7, 11) is 0. The molecule has 8 aromatic rings. The van der Waals surface area contributed by atoms with Crippen molar-refractivity contribution in [3.63, 3.8) is 0 Å². The first-order valence-corrected chi connectivity index (χ1v) is 15.4. The lowest BCUT2D eigenvalue weighted by molar-refractivity contribution is 1.47. The van der Waals surface area contributed by atoms with Gasteiger partial charge in [-0.25, -0.2) is 0 Å². The molecule has 0 saturated carbocycles. The second-order valence-corrected chi connectivity index (χ2v) is 11.7. The smallest absolute Gasteiger partial charge is 0.000129 e. The van der Waals surface area contributed by atoms with Crippen molar-refractivity contribution in [1.29, 1.82) is 0 Å². The fourth-order valence-corrected chi connectivity index (χ4v) is 7.20. The van der Waals surface area contributed by atoms with Crippen LogP contribution in [0.3, 0.4) is 0 Å². The third-order valence-electron chi connectivity index (χ3n) is 9.14. The first-order chi connectivity index (χ1) is 21.7. The van der Waals surface area contributed by atoms with Gasteiger partial charge >= 0.3 is 0 Å². The summed E-state index contributed by atoms with van der Waals surface area (Å²) in [5.74, 6) is 0. The van der Waals surface area contributed by atoms with Gasteiger partial charge in [-0.3, -0.25) is 0 Å². The summed E-state index contributed by atoms with van der Waals surface area (Å²) in [4.78, 5) is 0. The Hall–Kier alpha value is -5.46. The van der Waals surface area contributed by atoms with Gasteiger partial charge in [0.05, 0.1) is 0 Å². The van der Waals surface area contributed by atoms with Crippen LogP contribution in [-0.4, -0.2) is 0 Å². The van der Waals surface area contributed by atoms with Gasteiger partial charge in [0.1, 0.15) is 0 Å². The molecular weight excluding hydrogens is 528 g/mol. The summed E-state index contributed by atoms with van der Waals surface area (Å²) >= 11 is 0. The minimum atomic E-state index is 1.23. The molecule has 0 fully saturated rings. The Labute approximate surface area is 258 Å². The van der Waals surface area contributed by atoms with Crippen LogP contribution in [0.15, 0.2) is 158 Å². The van der Waals surface area contributed by atoms with Crippen LogP contribution in [0.4, 0.5) is 0 Å². The maximum atomic E-state index is 2.32. The van der Waals surface area contributed by atoms with Gasteiger partial charge in [0.25, 0.3) is 0 Å². The van der Waals surface area contributed by atoms with Crippen molar-refractivity contribution in [1.82, 2.24) is 0 Å². The predicted octanol–water partition coefficient (Wildman–Crippen LogP) is 12.4. The van der Waals surface area contributed by atoms with E-state index in [0.29, 0.717) is 0 Å². The molecule has 208 valence electrons. The molecule has 0 bridgehead atoms. The van der Waals surface area contributed by atoms with Gasteiger partial charge in [-0.1, -0.05) is 158 Å². The number of aryl methyl sites for hydroxylation is 2. The largest absolute Gasteiger partial charge is 0.0622 e. The lowest BCUT2D eigenvalue weighted by atomic mass is 9.77. The van der Waals surface area contributed by atoms with Crippen molar-refractivity contribution in [3.8, 4) is 44.5 Å². The van der Waals surface area contributed by atoms with Crippen LogP contribution in [0.25, 0.3) is 76.8 Å². The van der Waals surface area contributed by atoms with E-state index in [1.165, 1.54) is 88.0 Å². The van der Waals surface area contributed by atoms with Crippen LogP contribution >= 0.6 is 0 Å². The maximum absolute atomic E-state index is 2.32. The summed E-state index contributed by atoms with van der Waals surface area (Å²) < 4.78 is 0. The van der Waals surface area contributed by atoms with Gasteiger partial charge in [-0.15, -0.1) is 0 Å². The van der Waals surface area contributed by atoms with Gasteiger partial charge in [-0.05, 0) is 102 Å². The zero-order chi connectivity index (χ0) is 29.6. The summed E-state index contributed by atoms with van der Waals surface area (Å²) in [5, 5.41) is 7.70. The van der Waals surface area contributed by atoms with Gasteiger partial charge in [0.2, 0.25) is 0 Å². The lowest BCUT2D eigenvalue weighted by Gasteiger charge is -2.26. The Balaban J connectivity index is 1.79. The molecule has 0 amide bonds. The molecule has 8 aromatic carbocycles. The second-order valence-electron chi connectivity index (χ2n) is 11.7. The molecule has 0 radical (unpaired) electrons. The van der Waals surface area contributed by atoms with Crippen LogP contribution in [0.1, 0.15) is 11.1 Å². The molecule has 0 aliphatic carbocycles. The first-order valence-electron chi connectivity index (χ1n) is 15.4. The Morgan fingerprint density at radius 2 is 0.568 bits per heavy atom. The Morgan fingerprint density at radius 1 is 0.273 bits per heavy atom. The van der Waals surface area contributed by atoms with E-state index < -0.39 is 0 Å². The zero-order valence-corrected chi connectivity index (χ0v) is 25.0. The molecule has 0 heterocycles. The topological polar surface area (TPSA) is 0 Å². The minimum absolute atomic E-state index is 1.23. The average Bonchev–Trinajstić information content (AvgIpc) is 3.08. The molecule has 0 aliphatic heterocycles. The summed E-state index contributed by atoms with van der Waals surface area (Å²) in [5.41, 5.74) is 12.7. The predicted molar refractivity (Wildman–Crippen MR) is 190 cm³/mol. The van der Waals surface area contributed by atoms with Gasteiger partial charge < -0.3 is 0 Å². The highest BCUT2D eigenvalue weighted by atomic mass is 14.3. The van der Waals surface area contributed by atoms with E-state index in [1.54, 1.807) is 0 Å². The van der Waals surface area contributed by atoms with E-state index in [0.717, 1.165) is 0 Å². The van der Waals surface area contributed by atoms with E-state index in [-0.39, 0.29) is 0 Å². The monoisotopic (exact) mass is 560 g/mol. The van der Waals surface area contributed by atoms with Crippen LogP contribution in [0.2, 0.25) is 0 Å². The average molecular weight is 561 g/mol. The van der Waals surface area contributed by atoms with Gasteiger partial charge in [0.15, 0.2) is 0 Å². The molecule has 8 rings (SSSR count). The Morgan fingerprint density at radius 3 is 0.932 bits per heavy atom. The van der Waals surface area contributed by atoms with Crippen LogP contribution in [-0.2, 0) is 0 Å². The normalized spacial score (nSPS) is 11.4. The SMILES string of the molecule is Cc1ccccc1-c1c2ccccc2c(-c2ccccc2C)c2c(-c3ccccc3)c3ccccc3c(-c3ccccc3)c12. The highest BCUT2D eigenvalue weighted by Gasteiger charge is 2.26. The molecule has 0 heteroatoms. The third kappa shape index (κ3) is 4.07. The van der Waals surface area contributed by atoms with E-state index in [9.17, 15) is 0 Å². The molecule has 0 spiro atoms. The highest BCUT2D eigenvalue weighted by Crippen LogP contribution is 2.54. The molecule has 44 heavy (non-hydrogen) atoms. The Bertz CT molecular complexity index is 2160. The summed E-state index contributed by atoms with van der Waals surface area (Å²) in [6, 6.07) is 57.7. The van der Waals surface area contributed by atoms with E-state index >= 15 is 0 Å². The summed E-state index contributed by atoms with van der Waals surface area (Å²) in [6.45, 7) is 4.49. The molecule has 0 atom stereocenters. The van der Waals surface area contributed by atoms with Gasteiger partial charge in [0, 0.05) is 0 Å². The fourth-order valence-electron chi connectivity index (χ4n) is 7.20. The number of hydrogen-bond donors (Lipinski definition) is 0. The van der Waals surface area contributed by atoms with Crippen molar-refractivity contribution in [2.75, 3.05) is 0 Å². The number of benzene rings is 8. The van der Waals surface area contributed by atoms with E-state index in [2.05, 4.69) is 172 Å². The van der Waals surface area contributed by atoms with Crippen LogP contribution in [0, 0.1) is 13.8 Å². The zero-order valence-electron chi connectivity index (χ0n) is 25.0. The molecule has 0 unspecified atom stereocenters. The van der Waals surface area contributed by atoms with Crippen molar-refractivity contribution in [2.24, 2.45) is 0 Å². The quantitative estimate of drug-likeness (QED) is 0.188. The number of rotatable bonds is 4. The lowest BCUT2D eigenvalue weighted by Crippen LogP contribution is -1.99. The first kappa shape index (κ1) is 26.2. The third-order valence-corrected chi connectivity index (χ3v) is 9.14. The van der Waals surface area contributed by atoms with Crippen LogP contribution in [0.5, 0.6) is 0 Å². The molecule has 0 N–H and O–H groups in total. The van der Waals surface area contributed by atoms with Crippen molar-refractivity contribution in [2.45, 2.75) is 13.8 Å². The van der Waals surface area contributed by atoms with Crippen molar-refractivity contribution >= 4 is 32.3 Å². The van der Waals surface area contributed by atoms with E-state index in [4.69, 9.17) is 0 Å². The molecule has 0 nitrogen and oxygen atoms in total. The molecule has 0 saturated heterocycles. The maximum Gasteiger partial charge on any atom is -0.000129 e. The Kier molecular flexibility index (Phi) is 6.35. The van der Waals surface area contributed by atoms with Crippen molar-refractivity contribution in [3.05, 3.63) is 169 Å². The minimum Gasteiger partial charge on any atom is -0.0622 e. The van der Waals surface area contributed by atoms with Gasteiger partial charge in [-0.2, -0.15) is 0 Å². The number of fused-ring (bicyclic) bond motifs is 3.